The molecule has 138 valence electrons. The van der Waals surface area contributed by atoms with Gasteiger partial charge in [-0.1, -0.05) is 11.6 Å². The quantitative estimate of drug-likeness (QED) is 0.556. The number of rotatable bonds is 3. The summed E-state index contributed by atoms with van der Waals surface area (Å²) in [6, 6.07) is 0.0751. The summed E-state index contributed by atoms with van der Waals surface area (Å²) in [5.41, 5.74) is 0.501. The van der Waals surface area contributed by atoms with E-state index in [4.69, 9.17) is 21.7 Å². The third kappa shape index (κ3) is 5.20. The number of nitrogens with one attached hydrogen (secondary N) is 4. The average molecular weight is 369 g/mol. The number of allylic oxidation sites excluding steroid dienone is 1. The van der Waals surface area contributed by atoms with Crippen LogP contribution in [0, 0.1) is 5.41 Å². The van der Waals surface area contributed by atoms with Gasteiger partial charge in [-0.25, -0.2) is 4.98 Å². The lowest BCUT2D eigenvalue weighted by molar-refractivity contribution is 0.198. The first kappa shape index (κ1) is 19.3. The molecule has 0 aliphatic carbocycles. The molecule has 25 heavy (non-hydrogen) atoms. The fourth-order valence-corrected chi connectivity index (χ4v) is 2.43. The van der Waals surface area contributed by atoms with Crippen LogP contribution in [0.3, 0.4) is 0 Å². The molecule has 1 aliphatic heterocycles. The van der Waals surface area contributed by atoms with Crippen molar-refractivity contribution in [3.63, 3.8) is 0 Å². The number of ether oxygens (including phenoxy) is 1. The number of fused-ring (bicyclic) bond motifs is 2. The maximum Gasteiger partial charge on any atom is 0.232 e. The second-order valence-corrected chi connectivity index (χ2v) is 7.10. The molecule has 0 spiro atoms. The molecule has 0 saturated carbocycles. The molecule has 2 bridgehead atoms. The highest BCUT2D eigenvalue weighted by Gasteiger charge is 2.21. The second-order valence-electron chi connectivity index (χ2n) is 6.69. The lowest BCUT2D eigenvalue weighted by Crippen LogP contribution is -2.42. The van der Waals surface area contributed by atoms with Gasteiger partial charge in [0.15, 0.2) is 5.82 Å². The number of nitrogens with zero attached hydrogens (tertiary/aromatic N) is 2. The molecule has 5 N–H and O–H groups in total. The van der Waals surface area contributed by atoms with Gasteiger partial charge < -0.3 is 25.8 Å². The van der Waals surface area contributed by atoms with Crippen molar-refractivity contribution >= 4 is 29.3 Å². The van der Waals surface area contributed by atoms with Crippen LogP contribution in [0.15, 0.2) is 17.6 Å². The van der Waals surface area contributed by atoms with Crippen LogP contribution in [0.5, 0.6) is 0 Å². The van der Waals surface area contributed by atoms with Gasteiger partial charge in [0.05, 0.1) is 24.9 Å². The fraction of sp³-hybridized carbons (Fsp3) is 0.562. The van der Waals surface area contributed by atoms with Gasteiger partial charge in [-0.05, 0) is 27.7 Å². The molecule has 0 aromatic carbocycles. The predicted molar refractivity (Wildman–Crippen MR) is 99.0 cm³/mol. The van der Waals surface area contributed by atoms with Gasteiger partial charge in [-0.2, -0.15) is 4.98 Å². The highest BCUT2D eigenvalue weighted by Crippen LogP contribution is 2.23. The fourth-order valence-electron chi connectivity index (χ4n) is 2.29. The Morgan fingerprint density at radius 1 is 1.56 bits per heavy atom. The normalized spacial score (nSPS) is 20.6. The highest BCUT2D eigenvalue weighted by molar-refractivity contribution is 6.32. The summed E-state index contributed by atoms with van der Waals surface area (Å²) in [5, 5.41) is 27.6. The summed E-state index contributed by atoms with van der Waals surface area (Å²) in [4.78, 5) is 8.54. The number of hydrogen-bond donors (Lipinski definition) is 5. The Kier molecular flexibility index (Phi) is 6.07. The molecule has 8 nitrogen and oxygen atoms in total. The topological polar surface area (TPSA) is 115 Å². The van der Waals surface area contributed by atoms with Crippen molar-refractivity contribution in [2.45, 2.75) is 45.7 Å². The van der Waals surface area contributed by atoms with Crippen molar-refractivity contribution in [3.05, 3.63) is 22.6 Å². The van der Waals surface area contributed by atoms with Gasteiger partial charge in [-0.15, -0.1) is 0 Å². The first-order valence-corrected chi connectivity index (χ1v) is 8.47. The molecule has 0 amide bonds. The second kappa shape index (κ2) is 7.88. The number of anilines is 2. The van der Waals surface area contributed by atoms with E-state index in [1.54, 1.807) is 6.92 Å². The van der Waals surface area contributed by atoms with Crippen LogP contribution in [0.1, 0.15) is 34.1 Å². The molecule has 0 fully saturated rings. The van der Waals surface area contributed by atoms with Gasteiger partial charge in [0.2, 0.25) is 11.8 Å². The molecule has 1 aromatic rings. The van der Waals surface area contributed by atoms with E-state index in [0.717, 1.165) is 0 Å². The van der Waals surface area contributed by atoms with Gasteiger partial charge in [-0.3, -0.25) is 5.41 Å². The molecule has 0 unspecified atom stereocenters. The number of aliphatic hydroxyl groups excluding tert-OH is 1. The van der Waals surface area contributed by atoms with Crippen molar-refractivity contribution in [1.29, 1.82) is 5.41 Å². The van der Waals surface area contributed by atoms with Gasteiger partial charge in [0.1, 0.15) is 10.7 Å². The number of hydrogen-bond acceptors (Lipinski definition) is 8. The largest absolute Gasteiger partial charge is 0.476 e. The van der Waals surface area contributed by atoms with Crippen LogP contribution >= 0.6 is 11.6 Å². The Balaban J connectivity index is 2.41. The molecule has 0 saturated heterocycles. The zero-order chi connectivity index (χ0) is 18.6. The molecule has 1 aromatic heterocycles. The lowest BCUT2D eigenvalue weighted by Gasteiger charge is -2.27. The van der Waals surface area contributed by atoms with E-state index in [1.807, 2.05) is 20.8 Å². The zero-order valence-electron chi connectivity index (χ0n) is 14.9. The Morgan fingerprint density at radius 2 is 2.28 bits per heavy atom. The SMILES string of the molecule is C/C(NC(C)(C)CO)=C1\Nc2ncc(Cl)c(n2)N[C@H](C)CCOC1=N. The van der Waals surface area contributed by atoms with Gasteiger partial charge in [0.25, 0.3) is 0 Å². The van der Waals surface area contributed by atoms with Crippen molar-refractivity contribution in [3.8, 4) is 0 Å². The summed E-state index contributed by atoms with van der Waals surface area (Å²) in [6.45, 7) is 7.81. The van der Waals surface area contributed by atoms with Crippen molar-refractivity contribution in [2.75, 3.05) is 23.8 Å². The predicted octanol–water partition coefficient (Wildman–Crippen LogP) is 2.33. The van der Waals surface area contributed by atoms with Gasteiger partial charge in [0, 0.05) is 18.2 Å². The van der Waals surface area contributed by atoms with Crippen LogP contribution in [0.25, 0.3) is 0 Å². The highest BCUT2D eigenvalue weighted by atomic mass is 35.5. The molecule has 0 radical (unpaired) electrons. The van der Waals surface area contributed by atoms with Crippen molar-refractivity contribution < 1.29 is 9.84 Å². The van der Waals surface area contributed by atoms with Gasteiger partial charge >= 0.3 is 0 Å². The maximum absolute atomic E-state index is 9.46. The van der Waals surface area contributed by atoms with Crippen LogP contribution in [0.4, 0.5) is 11.8 Å². The third-order valence-electron chi connectivity index (χ3n) is 3.68. The number of halogens is 1. The summed E-state index contributed by atoms with van der Waals surface area (Å²) in [6.07, 6.45) is 2.19. The molecular formula is C16H25ClN6O2. The van der Waals surface area contributed by atoms with Crippen LogP contribution < -0.4 is 16.0 Å². The smallest absolute Gasteiger partial charge is 0.232 e. The summed E-state index contributed by atoms with van der Waals surface area (Å²) in [5.74, 6) is 0.806. The Hall–Kier alpha value is -2.06. The van der Waals surface area contributed by atoms with E-state index in [-0.39, 0.29) is 18.5 Å². The summed E-state index contributed by atoms with van der Waals surface area (Å²) >= 11 is 6.15. The monoisotopic (exact) mass is 368 g/mol. The Bertz CT molecular complexity index is 677. The number of aliphatic hydroxyl groups is 1. The molecule has 2 heterocycles. The number of aromatic nitrogens is 2. The molecular weight excluding hydrogens is 344 g/mol. The third-order valence-corrected chi connectivity index (χ3v) is 3.96. The van der Waals surface area contributed by atoms with E-state index in [9.17, 15) is 5.11 Å². The molecule has 1 atom stereocenters. The van der Waals surface area contributed by atoms with E-state index < -0.39 is 5.54 Å². The minimum Gasteiger partial charge on any atom is -0.476 e. The van der Waals surface area contributed by atoms with Crippen LogP contribution in [-0.2, 0) is 4.74 Å². The van der Waals surface area contributed by atoms with Crippen molar-refractivity contribution in [2.24, 2.45) is 0 Å². The molecule has 9 heteroatoms. The Morgan fingerprint density at radius 3 is 2.96 bits per heavy atom. The minimum atomic E-state index is -0.548. The van der Waals surface area contributed by atoms with E-state index >= 15 is 0 Å². The zero-order valence-corrected chi connectivity index (χ0v) is 15.7. The average Bonchev–Trinajstić information content (AvgIpc) is 2.56. The van der Waals surface area contributed by atoms with E-state index in [0.29, 0.717) is 41.2 Å². The summed E-state index contributed by atoms with van der Waals surface area (Å²) in [7, 11) is 0. The minimum absolute atomic E-state index is 0.0204. The molecule has 2 rings (SSSR count). The lowest BCUT2D eigenvalue weighted by atomic mass is 10.1. The van der Waals surface area contributed by atoms with Crippen LogP contribution in [-0.4, -0.2) is 45.8 Å². The maximum atomic E-state index is 9.46. The first-order chi connectivity index (χ1) is 11.7. The molecule has 1 aliphatic rings. The van der Waals surface area contributed by atoms with Crippen molar-refractivity contribution in [1.82, 2.24) is 15.3 Å². The Labute approximate surface area is 152 Å². The van der Waals surface area contributed by atoms with Crippen LogP contribution in [0.2, 0.25) is 5.02 Å². The standard InChI is InChI=1S/C16H25ClN6O2/c1-9-5-6-25-13(18)12(10(2)23-16(3,4)8-24)21-15-19-7-11(17)14(20-9)22-15/h7,9,18,23-24H,5-6,8H2,1-4H3,(H2,19,20,21,22)/b12-10+,18-13?/t9-/m1/s1. The summed E-state index contributed by atoms with van der Waals surface area (Å²) < 4.78 is 5.57. The first-order valence-electron chi connectivity index (χ1n) is 8.09. The van der Waals surface area contributed by atoms with E-state index in [2.05, 4.69) is 25.9 Å². The van der Waals surface area contributed by atoms with E-state index in [1.165, 1.54) is 6.20 Å².